The molecule has 112 valence electrons. The van der Waals surface area contributed by atoms with Crippen LogP contribution in [0.15, 0.2) is 40.5 Å². The molecule has 1 aromatic carbocycles. The van der Waals surface area contributed by atoms with Crippen molar-refractivity contribution in [1.29, 1.82) is 0 Å². The van der Waals surface area contributed by atoms with Crippen molar-refractivity contribution in [2.75, 3.05) is 4.72 Å². The summed E-state index contributed by atoms with van der Waals surface area (Å²) in [6.45, 7) is 0. The molecule has 4 N–H and O–H groups in total. The predicted octanol–water partition coefficient (Wildman–Crippen LogP) is 0.969. The number of aromatic nitrogens is 2. The highest BCUT2D eigenvalue weighted by molar-refractivity contribution is 7.92. The van der Waals surface area contributed by atoms with Crippen molar-refractivity contribution in [2.24, 2.45) is 17.9 Å². The highest BCUT2D eigenvalue weighted by Crippen LogP contribution is 2.20. The number of nitrogens with two attached hydrogens (primary N) is 1. The van der Waals surface area contributed by atoms with Gasteiger partial charge in [-0.15, -0.1) is 0 Å². The summed E-state index contributed by atoms with van der Waals surface area (Å²) < 4.78 is 28.2. The molecule has 0 amide bonds. The van der Waals surface area contributed by atoms with Gasteiger partial charge in [-0.1, -0.05) is 16.8 Å². The smallest absolute Gasteiger partial charge is 0.263 e. The van der Waals surface area contributed by atoms with Crippen LogP contribution in [0.5, 0.6) is 0 Å². The summed E-state index contributed by atoms with van der Waals surface area (Å²) in [5.74, 6) is -0.169. The molecular formula is C11H12ClN5O3S. The second-order valence-electron chi connectivity index (χ2n) is 4.08. The number of benzene rings is 1. The summed E-state index contributed by atoms with van der Waals surface area (Å²) >= 11 is 5.73. The highest BCUT2D eigenvalue weighted by atomic mass is 35.5. The fraction of sp³-hybridized carbons (Fsp3) is 0.0909. The molecule has 21 heavy (non-hydrogen) atoms. The number of nitrogens with zero attached hydrogens (tertiary/aromatic N) is 3. The monoisotopic (exact) mass is 329 g/mol. The van der Waals surface area contributed by atoms with Gasteiger partial charge in [0, 0.05) is 12.1 Å². The van der Waals surface area contributed by atoms with Crippen molar-refractivity contribution in [3.63, 3.8) is 0 Å². The molecule has 0 radical (unpaired) electrons. The maximum Gasteiger partial charge on any atom is 0.263 e. The number of amidine groups is 1. The van der Waals surface area contributed by atoms with Crippen molar-refractivity contribution < 1.29 is 13.6 Å². The summed E-state index contributed by atoms with van der Waals surface area (Å²) in [6, 6.07) is 5.65. The Hall–Kier alpha value is -2.26. The maximum absolute atomic E-state index is 12.3. The summed E-state index contributed by atoms with van der Waals surface area (Å²) in [5, 5.41) is 15.8. The van der Waals surface area contributed by atoms with Gasteiger partial charge in [0.15, 0.2) is 5.84 Å². The van der Waals surface area contributed by atoms with E-state index in [4.69, 9.17) is 22.5 Å². The van der Waals surface area contributed by atoms with Crippen LogP contribution in [0, 0.1) is 0 Å². The van der Waals surface area contributed by atoms with Gasteiger partial charge in [0.05, 0.1) is 16.7 Å². The number of oxime groups is 1. The van der Waals surface area contributed by atoms with Crippen LogP contribution in [-0.4, -0.2) is 29.2 Å². The summed E-state index contributed by atoms with van der Waals surface area (Å²) in [7, 11) is -2.33. The van der Waals surface area contributed by atoms with Crippen LogP contribution >= 0.6 is 11.6 Å². The molecule has 0 unspecified atom stereocenters. The van der Waals surface area contributed by atoms with E-state index in [9.17, 15) is 8.42 Å². The first-order valence-corrected chi connectivity index (χ1v) is 7.49. The molecule has 0 spiro atoms. The number of aryl methyl sites for hydroxylation is 1. The normalized spacial score (nSPS) is 12.4. The van der Waals surface area contributed by atoms with E-state index in [2.05, 4.69) is 15.0 Å². The molecule has 8 nitrogen and oxygen atoms in total. The van der Waals surface area contributed by atoms with Crippen LogP contribution in [0.2, 0.25) is 5.02 Å². The van der Waals surface area contributed by atoms with E-state index in [-0.39, 0.29) is 22.1 Å². The molecule has 2 aromatic rings. The first-order valence-electron chi connectivity index (χ1n) is 5.63. The van der Waals surface area contributed by atoms with Gasteiger partial charge < -0.3 is 10.9 Å². The molecule has 0 saturated heterocycles. The molecule has 1 heterocycles. The van der Waals surface area contributed by atoms with Gasteiger partial charge in [-0.2, -0.15) is 5.10 Å². The maximum atomic E-state index is 12.3. The molecule has 0 saturated carbocycles. The summed E-state index contributed by atoms with van der Waals surface area (Å²) in [4.78, 5) is 0.0264. The van der Waals surface area contributed by atoms with Gasteiger partial charge in [-0.3, -0.25) is 9.40 Å². The molecule has 2 rings (SSSR count). The average Bonchev–Trinajstić information content (AvgIpc) is 2.79. The molecular weight excluding hydrogens is 318 g/mol. The Labute approximate surface area is 125 Å². The minimum absolute atomic E-state index is 0.0264. The highest BCUT2D eigenvalue weighted by Gasteiger charge is 2.20. The van der Waals surface area contributed by atoms with E-state index in [0.29, 0.717) is 5.02 Å². The lowest BCUT2D eigenvalue weighted by atomic mass is 10.3. The van der Waals surface area contributed by atoms with Crippen LogP contribution in [0.3, 0.4) is 0 Å². The lowest BCUT2D eigenvalue weighted by molar-refractivity contribution is 0.318. The van der Waals surface area contributed by atoms with Gasteiger partial charge in [0.25, 0.3) is 10.0 Å². The largest absolute Gasteiger partial charge is 0.409 e. The van der Waals surface area contributed by atoms with Gasteiger partial charge in [-0.25, -0.2) is 8.42 Å². The Bertz CT molecular complexity index is 783. The minimum Gasteiger partial charge on any atom is -0.409 e. The number of halogens is 1. The third kappa shape index (κ3) is 3.09. The van der Waals surface area contributed by atoms with Crippen LogP contribution in [0.1, 0.15) is 5.56 Å². The van der Waals surface area contributed by atoms with Crippen molar-refractivity contribution in [3.05, 3.63) is 41.0 Å². The second kappa shape index (κ2) is 5.62. The first kappa shape index (κ1) is 15.1. The molecule has 0 aliphatic heterocycles. The molecule has 0 atom stereocenters. The van der Waals surface area contributed by atoms with Crippen LogP contribution in [0.25, 0.3) is 0 Å². The average molecular weight is 330 g/mol. The molecule has 0 aliphatic carbocycles. The standard InChI is InChI=1S/C11H12ClN5O3S/c1-17-11(9(6-14-17)10(13)15-18)16-21(19,20)8-4-2-7(12)3-5-8/h2-6,16,18H,1H3,(H2,13,15). The third-order valence-corrected chi connectivity index (χ3v) is 4.28. The van der Waals surface area contributed by atoms with E-state index in [1.807, 2.05) is 0 Å². The zero-order valence-electron chi connectivity index (χ0n) is 10.9. The van der Waals surface area contributed by atoms with E-state index in [1.165, 1.54) is 42.2 Å². The van der Waals surface area contributed by atoms with Crippen LogP contribution in [-0.2, 0) is 17.1 Å². The molecule has 0 bridgehead atoms. The Kier molecular flexibility index (Phi) is 4.05. The zero-order valence-corrected chi connectivity index (χ0v) is 12.4. The number of hydrogen-bond acceptors (Lipinski definition) is 5. The first-order chi connectivity index (χ1) is 9.85. The number of anilines is 1. The fourth-order valence-electron chi connectivity index (χ4n) is 1.60. The zero-order chi connectivity index (χ0) is 15.6. The molecule has 0 fully saturated rings. The van der Waals surface area contributed by atoms with E-state index in [0.717, 1.165) is 0 Å². The fourth-order valence-corrected chi connectivity index (χ4v) is 2.83. The van der Waals surface area contributed by atoms with Gasteiger partial charge in [0.1, 0.15) is 5.82 Å². The Morgan fingerprint density at radius 1 is 1.43 bits per heavy atom. The lowest BCUT2D eigenvalue weighted by Crippen LogP contribution is -2.20. The molecule has 0 aliphatic rings. The van der Waals surface area contributed by atoms with E-state index < -0.39 is 10.0 Å². The van der Waals surface area contributed by atoms with Crippen LogP contribution < -0.4 is 10.5 Å². The van der Waals surface area contributed by atoms with Gasteiger partial charge in [-0.05, 0) is 24.3 Å². The second-order valence-corrected chi connectivity index (χ2v) is 6.19. The quantitative estimate of drug-likeness (QED) is 0.334. The Balaban J connectivity index is 2.42. The van der Waals surface area contributed by atoms with Crippen molar-refractivity contribution in [2.45, 2.75) is 4.90 Å². The van der Waals surface area contributed by atoms with Crippen molar-refractivity contribution >= 4 is 33.3 Å². The minimum atomic E-state index is -3.85. The topological polar surface area (TPSA) is 123 Å². The number of nitrogens with one attached hydrogen (secondary N) is 1. The third-order valence-electron chi connectivity index (χ3n) is 2.68. The van der Waals surface area contributed by atoms with Gasteiger partial charge in [0.2, 0.25) is 0 Å². The predicted molar refractivity (Wildman–Crippen MR) is 78.0 cm³/mol. The number of rotatable bonds is 4. The van der Waals surface area contributed by atoms with Crippen LogP contribution in [0.4, 0.5) is 5.82 Å². The summed E-state index contributed by atoms with van der Waals surface area (Å²) in [5.41, 5.74) is 5.64. The SMILES string of the molecule is Cn1ncc(C(N)=NO)c1NS(=O)(=O)c1ccc(Cl)cc1. The number of sulfonamides is 1. The Morgan fingerprint density at radius 3 is 2.62 bits per heavy atom. The summed E-state index contributed by atoms with van der Waals surface area (Å²) in [6.07, 6.45) is 1.29. The Morgan fingerprint density at radius 2 is 2.05 bits per heavy atom. The molecule has 10 heteroatoms. The van der Waals surface area contributed by atoms with Gasteiger partial charge >= 0.3 is 0 Å². The number of hydrogen-bond donors (Lipinski definition) is 3. The lowest BCUT2D eigenvalue weighted by Gasteiger charge is -2.10. The van der Waals surface area contributed by atoms with Crippen molar-refractivity contribution in [3.8, 4) is 0 Å². The van der Waals surface area contributed by atoms with E-state index >= 15 is 0 Å². The van der Waals surface area contributed by atoms with Crippen molar-refractivity contribution in [1.82, 2.24) is 9.78 Å². The van der Waals surface area contributed by atoms with E-state index in [1.54, 1.807) is 0 Å². The molecule has 1 aromatic heterocycles.